The zero-order chi connectivity index (χ0) is 18.1. The maximum absolute atomic E-state index is 5.96. The lowest BCUT2D eigenvalue weighted by atomic mass is 9.75. The van der Waals surface area contributed by atoms with Crippen molar-refractivity contribution in [1.82, 2.24) is 10.2 Å². The van der Waals surface area contributed by atoms with E-state index in [0.717, 1.165) is 38.1 Å². The third-order valence-corrected chi connectivity index (χ3v) is 5.39. The molecule has 25 heavy (non-hydrogen) atoms. The summed E-state index contributed by atoms with van der Waals surface area (Å²) in [5.74, 6) is 1.51. The Morgan fingerprint density at radius 1 is 1.20 bits per heavy atom. The highest BCUT2D eigenvalue weighted by atomic mass is 16.5. The average molecular weight is 347 g/mol. The minimum absolute atomic E-state index is 0.0387. The van der Waals surface area contributed by atoms with E-state index in [9.17, 15) is 0 Å². The highest BCUT2D eigenvalue weighted by molar-refractivity contribution is 5.15. The number of nitrogens with one attached hydrogen (secondary N) is 1. The van der Waals surface area contributed by atoms with Gasteiger partial charge in [0.05, 0.1) is 5.60 Å². The van der Waals surface area contributed by atoms with Gasteiger partial charge in [-0.1, -0.05) is 30.3 Å². The summed E-state index contributed by atoms with van der Waals surface area (Å²) in [6.45, 7) is 8.82. The predicted molar refractivity (Wildman–Crippen MR) is 107 cm³/mol. The smallest absolute Gasteiger partial charge is 0.0629 e. The molecule has 1 fully saturated rings. The standard InChI is InChI=1S/C22H38N2O/c1-22(2)18-21(12-16-25-22)20(17-19-9-6-5-7-10-19)11-14-23-13-8-15-24(3)4/h5-7,9-10,20-21,23H,8,11-18H2,1-4H3. The van der Waals surface area contributed by atoms with Crippen LogP contribution in [0.25, 0.3) is 0 Å². The van der Waals surface area contributed by atoms with Crippen molar-refractivity contribution in [2.45, 2.75) is 51.6 Å². The summed E-state index contributed by atoms with van der Waals surface area (Å²) in [6.07, 6.45) is 6.08. The van der Waals surface area contributed by atoms with Gasteiger partial charge in [-0.2, -0.15) is 0 Å². The van der Waals surface area contributed by atoms with Crippen molar-refractivity contribution < 1.29 is 4.74 Å². The van der Waals surface area contributed by atoms with Gasteiger partial charge in [0.2, 0.25) is 0 Å². The number of nitrogens with zero attached hydrogens (tertiary/aromatic N) is 1. The van der Waals surface area contributed by atoms with Crippen LogP contribution in [0, 0.1) is 11.8 Å². The fraction of sp³-hybridized carbons (Fsp3) is 0.727. The summed E-state index contributed by atoms with van der Waals surface area (Å²) in [6, 6.07) is 11.0. The molecule has 1 aromatic rings. The average Bonchev–Trinajstić information content (AvgIpc) is 2.56. The third-order valence-electron chi connectivity index (χ3n) is 5.39. The summed E-state index contributed by atoms with van der Waals surface area (Å²) in [7, 11) is 4.28. The Morgan fingerprint density at radius 2 is 1.96 bits per heavy atom. The van der Waals surface area contributed by atoms with Gasteiger partial charge >= 0.3 is 0 Å². The van der Waals surface area contributed by atoms with Crippen LogP contribution >= 0.6 is 0 Å². The first kappa shape index (κ1) is 20.4. The topological polar surface area (TPSA) is 24.5 Å². The first-order valence-electron chi connectivity index (χ1n) is 9.99. The van der Waals surface area contributed by atoms with Crippen molar-refractivity contribution in [2.24, 2.45) is 11.8 Å². The van der Waals surface area contributed by atoms with Gasteiger partial charge in [-0.3, -0.25) is 0 Å². The Labute approximate surface area is 155 Å². The summed E-state index contributed by atoms with van der Waals surface area (Å²) >= 11 is 0. The van der Waals surface area contributed by atoms with Crippen LogP contribution in [0.15, 0.2) is 30.3 Å². The second kappa shape index (κ2) is 10.3. The lowest BCUT2D eigenvalue weighted by molar-refractivity contribution is -0.0830. The lowest BCUT2D eigenvalue weighted by Gasteiger charge is -2.39. The van der Waals surface area contributed by atoms with E-state index in [2.05, 4.69) is 68.5 Å². The fourth-order valence-electron chi connectivity index (χ4n) is 4.04. The van der Waals surface area contributed by atoms with Gasteiger partial charge in [-0.05, 0) is 97.1 Å². The zero-order valence-corrected chi connectivity index (χ0v) is 16.8. The van der Waals surface area contributed by atoms with Gasteiger partial charge < -0.3 is 15.0 Å². The summed E-state index contributed by atoms with van der Waals surface area (Å²) in [5, 5.41) is 3.66. The molecule has 1 heterocycles. The number of hydrogen-bond acceptors (Lipinski definition) is 3. The molecule has 0 saturated carbocycles. The molecule has 2 rings (SSSR count). The molecule has 0 spiro atoms. The molecule has 3 heteroatoms. The number of benzene rings is 1. The van der Waals surface area contributed by atoms with E-state index in [-0.39, 0.29) is 5.60 Å². The van der Waals surface area contributed by atoms with Crippen molar-refractivity contribution in [3.63, 3.8) is 0 Å². The van der Waals surface area contributed by atoms with Gasteiger partial charge in [-0.25, -0.2) is 0 Å². The first-order valence-corrected chi connectivity index (χ1v) is 9.99. The highest BCUT2D eigenvalue weighted by Gasteiger charge is 2.33. The largest absolute Gasteiger partial charge is 0.376 e. The minimum Gasteiger partial charge on any atom is -0.376 e. The molecular formula is C22H38N2O. The van der Waals surface area contributed by atoms with Crippen LogP contribution in [-0.2, 0) is 11.2 Å². The van der Waals surface area contributed by atoms with Gasteiger partial charge in [0, 0.05) is 6.61 Å². The molecule has 0 bridgehead atoms. The molecule has 0 aromatic heterocycles. The van der Waals surface area contributed by atoms with Crippen molar-refractivity contribution in [3.05, 3.63) is 35.9 Å². The maximum Gasteiger partial charge on any atom is 0.0629 e. The van der Waals surface area contributed by atoms with Gasteiger partial charge in [0.15, 0.2) is 0 Å². The number of hydrogen-bond donors (Lipinski definition) is 1. The SMILES string of the molecule is CN(C)CCCNCCC(Cc1ccccc1)C1CCOC(C)(C)C1. The second-order valence-corrected chi connectivity index (χ2v) is 8.51. The van der Waals surface area contributed by atoms with E-state index in [0.29, 0.717) is 0 Å². The van der Waals surface area contributed by atoms with E-state index >= 15 is 0 Å². The van der Waals surface area contributed by atoms with Crippen LogP contribution in [0.1, 0.15) is 45.1 Å². The molecular weight excluding hydrogens is 308 g/mol. The van der Waals surface area contributed by atoms with E-state index in [1.54, 1.807) is 0 Å². The molecule has 2 unspecified atom stereocenters. The molecule has 1 aliphatic heterocycles. The van der Waals surface area contributed by atoms with Crippen molar-refractivity contribution in [2.75, 3.05) is 40.3 Å². The fourth-order valence-corrected chi connectivity index (χ4v) is 4.04. The molecule has 3 nitrogen and oxygen atoms in total. The Kier molecular flexibility index (Phi) is 8.41. The Hall–Kier alpha value is -0.900. The number of rotatable bonds is 10. The number of ether oxygens (including phenoxy) is 1. The molecule has 2 atom stereocenters. The molecule has 1 N–H and O–H groups in total. The van der Waals surface area contributed by atoms with Gasteiger partial charge in [0.1, 0.15) is 0 Å². The molecule has 1 saturated heterocycles. The molecule has 0 amide bonds. The molecule has 0 radical (unpaired) electrons. The van der Waals surface area contributed by atoms with Crippen LogP contribution in [0.5, 0.6) is 0 Å². The Balaban J connectivity index is 1.86. The lowest BCUT2D eigenvalue weighted by Crippen LogP contribution is -2.38. The molecule has 1 aromatic carbocycles. The van der Waals surface area contributed by atoms with E-state index in [4.69, 9.17) is 4.74 Å². The normalized spacial score (nSPS) is 21.4. The molecule has 0 aliphatic carbocycles. The second-order valence-electron chi connectivity index (χ2n) is 8.51. The summed E-state index contributed by atoms with van der Waals surface area (Å²) in [5.41, 5.74) is 1.51. The van der Waals surface area contributed by atoms with Crippen LogP contribution in [-0.4, -0.2) is 50.8 Å². The Bertz CT molecular complexity index is 472. The van der Waals surface area contributed by atoms with Gasteiger partial charge in [0.25, 0.3) is 0 Å². The van der Waals surface area contributed by atoms with E-state index in [1.807, 2.05) is 0 Å². The maximum atomic E-state index is 5.96. The minimum atomic E-state index is 0.0387. The third kappa shape index (κ3) is 7.89. The van der Waals surface area contributed by atoms with Crippen molar-refractivity contribution in [1.29, 1.82) is 0 Å². The highest BCUT2D eigenvalue weighted by Crippen LogP contribution is 2.36. The molecule has 1 aliphatic rings. The monoisotopic (exact) mass is 346 g/mol. The van der Waals surface area contributed by atoms with Gasteiger partial charge in [-0.15, -0.1) is 0 Å². The van der Waals surface area contributed by atoms with E-state index in [1.165, 1.54) is 37.7 Å². The van der Waals surface area contributed by atoms with E-state index < -0.39 is 0 Å². The quantitative estimate of drug-likeness (QED) is 0.649. The van der Waals surface area contributed by atoms with Crippen molar-refractivity contribution in [3.8, 4) is 0 Å². The van der Waals surface area contributed by atoms with Crippen molar-refractivity contribution >= 4 is 0 Å². The summed E-state index contributed by atoms with van der Waals surface area (Å²) < 4.78 is 5.96. The van der Waals surface area contributed by atoms with Crippen LogP contribution in [0.4, 0.5) is 0 Å². The first-order chi connectivity index (χ1) is 12.0. The molecule has 142 valence electrons. The Morgan fingerprint density at radius 3 is 2.64 bits per heavy atom. The predicted octanol–water partition coefficient (Wildman–Crippen LogP) is 3.98. The van der Waals surface area contributed by atoms with Crippen LogP contribution in [0.2, 0.25) is 0 Å². The van der Waals surface area contributed by atoms with Crippen LogP contribution < -0.4 is 5.32 Å². The summed E-state index contributed by atoms with van der Waals surface area (Å²) in [4.78, 5) is 2.25. The van der Waals surface area contributed by atoms with Crippen LogP contribution in [0.3, 0.4) is 0 Å². The zero-order valence-electron chi connectivity index (χ0n) is 16.8.